The fourth-order valence-electron chi connectivity index (χ4n) is 2.97. The Balaban J connectivity index is 1.52. The van der Waals surface area contributed by atoms with E-state index in [0.717, 1.165) is 17.7 Å². The van der Waals surface area contributed by atoms with E-state index < -0.39 is 0 Å². The van der Waals surface area contributed by atoms with Crippen molar-refractivity contribution in [3.8, 4) is 0 Å². The van der Waals surface area contributed by atoms with E-state index in [1.54, 1.807) is 0 Å². The summed E-state index contributed by atoms with van der Waals surface area (Å²) in [7, 11) is 1.38. The van der Waals surface area contributed by atoms with Gasteiger partial charge >= 0.3 is 5.97 Å². The van der Waals surface area contributed by atoms with Crippen molar-refractivity contribution >= 4 is 11.9 Å². The molecule has 0 aliphatic carbocycles. The van der Waals surface area contributed by atoms with E-state index in [1.807, 2.05) is 36.4 Å². The Morgan fingerprint density at radius 3 is 2.48 bits per heavy atom. The highest BCUT2D eigenvalue weighted by atomic mass is 16.5. The first-order valence-corrected chi connectivity index (χ1v) is 8.38. The van der Waals surface area contributed by atoms with Gasteiger partial charge in [-0.25, -0.2) is 0 Å². The molecule has 1 atom stereocenters. The van der Waals surface area contributed by atoms with Crippen LogP contribution in [0.3, 0.4) is 0 Å². The molecule has 3 rings (SSSR count). The number of hydrogen-bond acceptors (Lipinski definition) is 4. The molecule has 1 aliphatic rings. The molecule has 0 bridgehead atoms. The molecular weight excluding hydrogens is 316 g/mol. The van der Waals surface area contributed by atoms with Gasteiger partial charge in [-0.1, -0.05) is 48.5 Å². The minimum absolute atomic E-state index is 0.00754. The summed E-state index contributed by atoms with van der Waals surface area (Å²) in [5.41, 5.74) is 4.38. The smallest absolute Gasteiger partial charge is 0.309 e. The molecule has 1 heterocycles. The van der Waals surface area contributed by atoms with E-state index >= 15 is 0 Å². The normalized spacial score (nSPS) is 16.0. The number of benzene rings is 2. The van der Waals surface area contributed by atoms with E-state index in [9.17, 15) is 9.59 Å². The molecule has 0 aromatic heterocycles. The van der Waals surface area contributed by atoms with Crippen LogP contribution in [0, 0.1) is 0 Å². The minimum atomic E-state index is -0.260. The maximum atomic E-state index is 12.4. The minimum Gasteiger partial charge on any atom is -0.469 e. The van der Waals surface area contributed by atoms with Crippen LogP contribution in [0.15, 0.2) is 48.5 Å². The molecule has 130 valence electrons. The fraction of sp³-hybridized carbons (Fsp3) is 0.300. The summed E-state index contributed by atoms with van der Waals surface area (Å²) in [6.45, 7) is 1.19. The number of rotatable bonds is 5. The topological polar surface area (TPSA) is 67.4 Å². The van der Waals surface area contributed by atoms with Crippen molar-refractivity contribution in [3.05, 3.63) is 70.8 Å². The van der Waals surface area contributed by atoms with Crippen LogP contribution in [-0.4, -0.2) is 25.0 Å². The lowest BCUT2D eigenvalue weighted by atomic mass is 9.95. The van der Waals surface area contributed by atoms with Gasteiger partial charge in [0.2, 0.25) is 5.91 Å². The average Bonchev–Trinajstić information content (AvgIpc) is 2.66. The van der Waals surface area contributed by atoms with E-state index in [2.05, 4.69) is 27.5 Å². The third-order valence-electron chi connectivity index (χ3n) is 4.46. The van der Waals surface area contributed by atoms with Crippen LogP contribution in [-0.2, 0) is 40.3 Å². The first-order chi connectivity index (χ1) is 12.2. The molecule has 0 saturated carbocycles. The van der Waals surface area contributed by atoms with Gasteiger partial charge in [0.05, 0.1) is 19.6 Å². The molecule has 5 nitrogen and oxygen atoms in total. The number of carbonyl (C=O) groups is 2. The van der Waals surface area contributed by atoms with Gasteiger partial charge in [-0.15, -0.1) is 0 Å². The number of esters is 1. The van der Waals surface area contributed by atoms with Gasteiger partial charge in [-0.3, -0.25) is 9.59 Å². The van der Waals surface area contributed by atoms with Crippen molar-refractivity contribution in [2.24, 2.45) is 0 Å². The van der Waals surface area contributed by atoms with E-state index in [1.165, 1.54) is 18.2 Å². The molecule has 0 fully saturated rings. The number of carbonyl (C=O) groups excluding carboxylic acids is 2. The second kappa shape index (κ2) is 7.94. The molecule has 0 saturated heterocycles. The number of amides is 1. The molecule has 0 spiro atoms. The lowest BCUT2D eigenvalue weighted by Gasteiger charge is -2.25. The van der Waals surface area contributed by atoms with Crippen LogP contribution in [0.4, 0.5) is 0 Å². The maximum absolute atomic E-state index is 12.4. The maximum Gasteiger partial charge on any atom is 0.309 e. The standard InChI is InChI=1S/C20H22N2O3/c1-25-19(23)10-14-6-8-15(9-7-14)12-22-20(24)18-11-16-4-2-3-5-17(16)13-21-18/h2-9,18,21H,10-13H2,1H3,(H,22,24). The Bertz CT molecular complexity index is 756. The van der Waals surface area contributed by atoms with Crippen molar-refractivity contribution in [1.82, 2.24) is 10.6 Å². The molecular formula is C20H22N2O3. The molecule has 0 radical (unpaired) electrons. The number of ether oxygens (including phenoxy) is 1. The van der Waals surface area contributed by atoms with Gasteiger partial charge < -0.3 is 15.4 Å². The Morgan fingerprint density at radius 1 is 1.08 bits per heavy atom. The summed E-state index contributed by atoms with van der Waals surface area (Å²) in [6.07, 6.45) is 0.967. The highest BCUT2D eigenvalue weighted by Crippen LogP contribution is 2.16. The van der Waals surface area contributed by atoms with Gasteiger partial charge in [0, 0.05) is 13.1 Å². The number of hydrogen-bond donors (Lipinski definition) is 2. The summed E-state index contributed by atoms with van der Waals surface area (Å²) in [5, 5.41) is 6.26. The molecule has 2 aromatic rings. The van der Waals surface area contributed by atoms with Gasteiger partial charge in [0.25, 0.3) is 0 Å². The van der Waals surface area contributed by atoms with Crippen molar-refractivity contribution < 1.29 is 14.3 Å². The van der Waals surface area contributed by atoms with E-state index in [0.29, 0.717) is 13.0 Å². The summed E-state index contributed by atoms with van der Waals surface area (Å²) in [6, 6.07) is 15.6. The van der Waals surface area contributed by atoms with E-state index in [4.69, 9.17) is 0 Å². The summed E-state index contributed by atoms with van der Waals surface area (Å²) in [5.74, 6) is -0.252. The molecule has 2 N–H and O–H groups in total. The zero-order valence-corrected chi connectivity index (χ0v) is 14.2. The molecule has 1 unspecified atom stereocenters. The van der Waals surface area contributed by atoms with E-state index in [-0.39, 0.29) is 24.3 Å². The van der Waals surface area contributed by atoms with Gasteiger partial charge in [-0.2, -0.15) is 0 Å². The van der Waals surface area contributed by atoms with Crippen molar-refractivity contribution in [2.75, 3.05) is 7.11 Å². The van der Waals surface area contributed by atoms with Gasteiger partial charge in [-0.05, 0) is 28.7 Å². The Labute approximate surface area is 147 Å². The van der Waals surface area contributed by atoms with Crippen LogP contribution < -0.4 is 10.6 Å². The molecule has 1 amide bonds. The lowest BCUT2D eigenvalue weighted by Crippen LogP contribution is -2.47. The SMILES string of the molecule is COC(=O)Cc1ccc(CNC(=O)C2Cc3ccccc3CN2)cc1. The Hall–Kier alpha value is -2.66. The largest absolute Gasteiger partial charge is 0.469 e. The van der Waals surface area contributed by atoms with Crippen LogP contribution in [0.5, 0.6) is 0 Å². The summed E-state index contributed by atoms with van der Waals surface area (Å²) < 4.78 is 4.65. The highest BCUT2D eigenvalue weighted by Gasteiger charge is 2.23. The fourth-order valence-corrected chi connectivity index (χ4v) is 2.97. The lowest BCUT2D eigenvalue weighted by molar-refractivity contribution is -0.139. The zero-order valence-electron chi connectivity index (χ0n) is 14.2. The molecule has 2 aromatic carbocycles. The predicted molar refractivity (Wildman–Crippen MR) is 94.8 cm³/mol. The van der Waals surface area contributed by atoms with Crippen molar-refractivity contribution in [1.29, 1.82) is 0 Å². The number of methoxy groups -OCH3 is 1. The first kappa shape index (κ1) is 17.2. The van der Waals surface area contributed by atoms with Gasteiger partial charge in [0.1, 0.15) is 0 Å². The number of fused-ring (bicyclic) bond motifs is 1. The second-order valence-electron chi connectivity index (χ2n) is 6.19. The zero-order chi connectivity index (χ0) is 17.6. The van der Waals surface area contributed by atoms with Gasteiger partial charge in [0.15, 0.2) is 0 Å². The quantitative estimate of drug-likeness (QED) is 0.815. The molecule has 5 heteroatoms. The first-order valence-electron chi connectivity index (χ1n) is 8.38. The molecule has 25 heavy (non-hydrogen) atoms. The number of nitrogens with one attached hydrogen (secondary N) is 2. The highest BCUT2D eigenvalue weighted by molar-refractivity contribution is 5.82. The average molecular weight is 338 g/mol. The summed E-state index contributed by atoms with van der Waals surface area (Å²) in [4.78, 5) is 23.7. The second-order valence-corrected chi connectivity index (χ2v) is 6.19. The van der Waals surface area contributed by atoms with Crippen LogP contribution in [0.25, 0.3) is 0 Å². The van der Waals surface area contributed by atoms with Crippen molar-refractivity contribution in [2.45, 2.75) is 32.0 Å². The van der Waals surface area contributed by atoms with Crippen molar-refractivity contribution in [3.63, 3.8) is 0 Å². The monoisotopic (exact) mass is 338 g/mol. The van der Waals surface area contributed by atoms with Crippen LogP contribution in [0.1, 0.15) is 22.3 Å². The predicted octanol–water partition coefficient (Wildman–Crippen LogP) is 1.73. The third-order valence-corrected chi connectivity index (χ3v) is 4.46. The Morgan fingerprint density at radius 2 is 1.76 bits per heavy atom. The van der Waals surface area contributed by atoms with Crippen LogP contribution >= 0.6 is 0 Å². The Kier molecular flexibility index (Phi) is 5.46. The summed E-state index contributed by atoms with van der Waals surface area (Å²) >= 11 is 0. The molecule has 1 aliphatic heterocycles. The van der Waals surface area contributed by atoms with Crippen LogP contribution in [0.2, 0.25) is 0 Å². The third kappa shape index (κ3) is 4.45.